The summed E-state index contributed by atoms with van der Waals surface area (Å²) in [6, 6.07) is 0. The lowest BCUT2D eigenvalue weighted by Gasteiger charge is -2.40. The highest BCUT2D eigenvalue weighted by Crippen LogP contribution is 2.42. The van der Waals surface area contributed by atoms with E-state index in [9.17, 15) is 5.11 Å². The Bertz CT molecular complexity index is 227. The summed E-state index contributed by atoms with van der Waals surface area (Å²) < 4.78 is 5.94. The Morgan fingerprint density at radius 3 is 2.63 bits per heavy atom. The van der Waals surface area contributed by atoms with Gasteiger partial charge in [-0.05, 0) is 37.9 Å². The summed E-state index contributed by atoms with van der Waals surface area (Å²) in [5.41, 5.74) is 0. The molecule has 3 nitrogen and oxygen atoms in total. The van der Waals surface area contributed by atoms with Gasteiger partial charge in [0.1, 0.15) is 0 Å². The average Bonchev–Trinajstić information content (AvgIpc) is 2.32. The molecule has 0 saturated heterocycles. The molecule has 1 saturated carbocycles. The van der Waals surface area contributed by atoms with E-state index in [0.29, 0.717) is 17.9 Å². The maximum Gasteiger partial charge on any atom is 0.0897 e. The van der Waals surface area contributed by atoms with Gasteiger partial charge in [-0.3, -0.25) is 0 Å². The van der Waals surface area contributed by atoms with Gasteiger partial charge in [-0.25, -0.2) is 0 Å². The number of thioether (sulfide) groups is 1. The number of rotatable bonds is 11. The minimum absolute atomic E-state index is 0.377. The molecule has 0 aromatic heterocycles. The van der Waals surface area contributed by atoms with E-state index in [1.54, 1.807) is 0 Å². The molecule has 0 heterocycles. The summed E-state index contributed by atoms with van der Waals surface area (Å²) in [4.78, 5) is 0. The largest absolute Gasteiger partial charge is 0.389 e. The van der Waals surface area contributed by atoms with Crippen molar-refractivity contribution in [2.45, 2.75) is 56.8 Å². The Hall–Kier alpha value is 0.230. The van der Waals surface area contributed by atoms with Gasteiger partial charge in [0, 0.05) is 24.4 Å². The second-order valence-electron chi connectivity index (χ2n) is 6.14. The summed E-state index contributed by atoms with van der Waals surface area (Å²) >= 11 is 1.96. The predicted octanol–water partition coefficient (Wildman–Crippen LogP) is 2.68. The van der Waals surface area contributed by atoms with Crippen LogP contribution in [0.15, 0.2) is 0 Å². The number of aliphatic hydroxyl groups is 1. The van der Waals surface area contributed by atoms with Gasteiger partial charge in [-0.2, -0.15) is 11.8 Å². The fraction of sp³-hybridized carbons (Fsp3) is 1.00. The smallest absolute Gasteiger partial charge is 0.0897 e. The Balaban J connectivity index is 1.94. The van der Waals surface area contributed by atoms with E-state index in [4.69, 9.17) is 4.74 Å². The molecular formula is C15H31NO2S. The van der Waals surface area contributed by atoms with Gasteiger partial charge in [0.05, 0.1) is 12.7 Å². The van der Waals surface area contributed by atoms with E-state index in [-0.39, 0.29) is 6.10 Å². The van der Waals surface area contributed by atoms with Crippen LogP contribution in [-0.2, 0) is 4.74 Å². The van der Waals surface area contributed by atoms with Crippen molar-refractivity contribution in [1.29, 1.82) is 0 Å². The van der Waals surface area contributed by atoms with E-state index in [1.807, 2.05) is 11.8 Å². The lowest BCUT2D eigenvalue weighted by molar-refractivity contribution is 0.0343. The van der Waals surface area contributed by atoms with Gasteiger partial charge < -0.3 is 15.2 Å². The van der Waals surface area contributed by atoms with Gasteiger partial charge in [0.25, 0.3) is 0 Å². The van der Waals surface area contributed by atoms with Crippen LogP contribution in [0.4, 0.5) is 0 Å². The third-order valence-corrected chi connectivity index (χ3v) is 5.32. The van der Waals surface area contributed by atoms with Crippen molar-refractivity contribution in [3.05, 3.63) is 0 Å². The van der Waals surface area contributed by atoms with Crippen LogP contribution in [0.1, 0.15) is 46.0 Å². The zero-order valence-electron chi connectivity index (χ0n) is 12.8. The van der Waals surface area contributed by atoms with Crippen LogP contribution in [0.3, 0.4) is 0 Å². The zero-order valence-corrected chi connectivity index (χ0v) is 13.6. The van der Waals surface area contributed by atoms with Crippen LogP contribution in [0.25, 0.3) is 0 Å². The fourth-order valence-electron chi connectivity index (χ4n) is 2.36. The molecule has 1 rings (SSSR count). The molecule has 1 fully saturated rings. The van der Waals surface area contributed by atoms with Gasteiger partial charge in [-0.15, -0.1) is 0 Å². The Morgan fingerprint density at radius 2 is 2.11 bits per heavy atom. The van der Waals surface area contributed by atoms with Gasteiger partial charge >= 0.3 is 0 Å². The molecular weight excluding hydrogens is 258 g/mol. The molecule has 114 valence electrons. The lowest BCUT2D eigenvalue weighted by atomic mass is 9.84. The molecule has 1 aliphatic rings. The van der Waals surface area contributed by atoms with Crippen LogP contribution in [0.5, 0.6) is 0 Å². The van der Waals surface area contributed by atoms with Gasteiger partial charge in [-0.1, -0.05) is 20.3 Å². The minimum Gasteiger partial charge on any atom is -0.389 e. The highest BCUT2D eigenvalue weighted by Gasteiger charge is 2.35. The fourth-order valence-corrected chi connectivity index (χ4v) is 3.31. The van der Waals surface area contributed by atoms with Crippen LogP contribution in [-0.4, -0.2) is 48.5 Å². The quantitative estimate of drug-likeness (QED) is 0.574. The van der Waals surface area contributed by atoms with Gasteiger partial charge in [0.2, 0.25) is 0 Å². The summed E-state index contributed by atoms with van der Waals surface area (Å²) in [5.74, 6) is 0.736. The molecule has 0 radical (unpaired) electrons. The van der Waals surface area contributed by atoms with E-state index < -0.39 is 0 Å². The van der Waals surface area contributed by atoms with Gasteiger partial charge in [0.15, 0.2) is 0 Å². The van der Waals surface area contributed by atoms with Crippen LogP contribution in [0.2, 0.25) is 0 Å². The van der Waals surface area contributed by atoms with Crippen molar-refractivity contribution in [3.8, 4) is 0 Å². The second-order valence-corrected chi connectivity index (χ2v) is 7.41. The highest BCUT2D eigenvalue weighted by molar-refractivity contribution is 8.00. The summed E-state index contributed by atoms with van der Waals surface area (Å²) in [7, 11) is 0. The second kappa shape index (κ2) is 9.22. The van der Waals surface area contributed by atoms with E-state index >= 15 is 0 Å². The molecule has 0 bridgehead atoms. The third kappa shape index (κ3) is 6.98. The highest BCUT2D eigenvalue weighted by atomic mass is 32.2. The molecule has 2 N–H and O–H groups in total. The summed E-state index contributed by atoms with van der Waals surface area (Å²) in [6.07, 6.45) is 8.07. The maximum atomic E-state index is 9.82. The lowest BCUT2D eigenvalue weighted by Crippen LogP contribution is -2.45. The first kappa shape index (κ1) is 17.3. The van der Waals surface area contributed by atoms with Crippen LogP contribution >= 0.6 is 11.8 Å². The number of aliphatic hydroxyl groups excluding tert-OH is 1. The van der Waals surface area contributed by atoms with Crippen molar-refractivity contribution < 1.29 is 9.84 Å². The number of hydrogen-bond donors (Lipinski definition) is 2. The first-order valence-electron chi connectivity index (χ1n) is 7.60. The van der Waals surface area contributed by atoms with Crippen molar-refractivity contribution in [1.82, 2.24) is 5.32 Å². The first-order chi connectivity index (χ1) is 9.08. The molecule has 0 aromatic rings. The molecule has 19 heavy (non-hydrogen) atoms. The molecule has 1 unspecified atom stereocenters. The predicted molar refractivity (Wildman–Crippen MR) is 83.9 cm³/mol. The standard InChI is InChI=1S/C15H31NO2S/c1-13(2)6-4-9-18-11-14(17)10-16-12-15(19-3)7-5-8-15/h13-14,16-17H,4-12H2,1-3H3. The van der Waals surface area contributed by atoms with E-state index in [1.165, 1.54) is 25.7 Å². The molecule has 1 atom stereocenters. The Kier molecular flexibility index (Phi) is 8.38. The van der Waals surface area contributed by atoms with Crippen LogP contribution < -0.4 is 5.32 Å². The maximum absolute atomic E-state index is 9.82. The average molecular weight is 289 g/mol. The number of hydrogen-bond acceptors (Lipinski definition) is 4. The summed E-state index contributed by atoms with van der Waals surface area (Å²) in [5, 5.41) is 13.2. The monoisotopic (exact) mass is 289 g/mol. The van der Waals surface area contributed by atoms with Crippen molar-refractivity contribution >= 4 is 11.8 Å². The molecule has 0 amide bonds. The number of ether oxygens (including phenoxy) is 1. The molecule has 0 aromatic carbocycles. The van der Waals surface area contributed by atoms with Crippen molar-refractivity contribution in [3.63, 3.8) is 0 Å². The molecule has 0 aliphatic heterocycles. The Morgan fingerprint density at radius 1 is 1.37 bits per heavy atom. The normalized spacial score (nSPS) is 19.4. The zero-order chi connectivity index (χ0) is 14.1. The molecule has 1 aliphatic carbocycles. The Labute approximate surface area is 122 Å². The third-order valence-electron chi connectivity index (χ3n) is 3.91. The van der Waals surface area contributed by atoms with Crippen molar-refractivity contribution in [2.24, 2.45) is 5.92 Å². The van der Waals surface area contributed by atoms with Crippen molar-refractivity contribution in [2.75, 3.05) is 32.6 Å². The van der Waals surface area contributed by atoms with E-state index in [0.717, 1.165) is 25.5 Å². The SMILES string of the molecule is CSC1(CNCC(O)COCCCC(C)C)CCC1. The first-order valence-corrected chi connectivity index (χ1v) is 8.82. The molecule has 4 heteroatoms. The molecule has 0 spiro atoms. The summed E-state index contributed by atoms with van der Waals surface area (Å²) in [6.45, 7) is 7.33. The number of nitrogens with one attached hydrogen (secondary N) is 1. The topological polar surface area (TPSA) is 41.5 Å². The van der Waals surface area contributed by atoms with E-state index in [2.05, 4.69) is 25.4 Å². The van der Waals surface area contributed by atoms with Crippen LogP contribution in [0, 0.1) is 5.92 Å². The minimum atomic E-state index is -0.377.